The van der Waals surface area contributed by atoms with Crippen molar-refractivity contribution in [2.24, 2.45) is 0 Å². The van der Waals surface area contributed by atoms with E-state index >= 15 is 0 Å². The van der Waals surface area contributed by atoms with Crippen molar-refractivity contribution in [1.29, 1.82) is 0 Å². The zero-order valence-corrected chi connectivity index (χ0v) is 15.1. The number of hydrogen-bond donors (Lipinski definition) is 2. The average Bonchev–Trinajstić information content (AvgIpc) is 2.45. The first kappa shape index (κ1) is 20.9. The molecule has 0 spiro atoms. The highest BCUT2D eigenvalue weighted by Crippen LogP contribution is 2.16. The van der Waals surface area contributed by atoms with Gasteiger partial charge in [0, 0.05) is 18.2 Å². The summed E-state index contributed by atoms with van der Waals surface area (Å²) >= 11 is 0. The Hall–Kier alpha value is -1.11. The van der Waals surface area contributed by atoms with Gasteiger partial charge in [0.05, 0.1) is 10.1 Å². The van der Waals surface area contributed by atoms with Gasteiger partial charge in [-0.1, -0.05) is 6.92 Å². The summed E-state index contributed by atoms with van der Waals surface area (Å²) in [4.78, 5) is 12.2. The number of hydrogen-bond acceptors (Lipinski definition) is 4. The number of carbonyl (C=O) groups excluding carboxylic acids is 1. The zero-order chi connectivity index (χ0) is 16.0. The molecule has 0 radical (unpaired) electrons. The second-order valence-corrected chi connectivity index (χ2v) is 7.79. The summed E-state index contributed by atoms with van der Waals surface area (Å²) < 4.78 is 24.0. The number of sulfone groups is 1. The molecule has 0 saturated carbocycles. The maximum absolute atomic E-state index is 12.0. The van der Waals surface area contributed by atoms with Gasteiger partial charge in [-0.15, -0.1) is 12.4 Å². The van der Waals surface area contributed by atoms with Crippen LogP contribution in [0.5, 0.6) is 0 Å². The predicted molar refractivity (Wildman–Crippen MR) is 91.5 cm³/mol. The van der Waals surface area contributed by atoms with Crippen LogP contribution in [-0.2, 0) is 9.84 Å². The van der Waals surface area contributed by atoms with E-state index in [2.05, 4.69) is 10.6 Å². The van der Waals surface area contributed by atoms with Crippen molar-refractivity contribution < 1.29 is 13.2 Å². The van der Waals surface area contributed by atoms with Crippen LogP contribution in [-0.4, -0.2) is 38.7 Å². The molecule has 2 N–H and O–H groups in total. The van der Waals surface area contributed by atoms with Crippen LogP contribution in [0, 0.1) is 0 Å². The predicted octanol–water partition coefficient (Wildman–Crippen LogP) is 2.02. The van der Waals surface area contributed by atoms with Gasteiger partial charge < -0.3 is 10.6 Å². The first-order valence-corrected chi connectivity index (χ1v) is 8.69. The molecule has 126 valence electrons. The minimum Gasteiger partial charge on any atom is -0.350 e. The molecule has 1 atom stereocenters. The highest BCUT2D eigenvalue weighted by Gasteiger charge is 2.19. The van der Waals surface area contributed by atoms with E-state index in [1.54, 1.807) is 26.0 Å². The Morgan fingerprint density at radius 1 is 1.14 bits per heavy atom. The number of likely N-dealkylation sites (N-methyl/N-ethyl adjacent to an activating group) is 1. The maximum atomic E-state index is 12.0. The quantitative estimate of drug-likeness (QED) is 0.790. The van der Waals surface area contributed by atoms with Gasteiger partial charge in [-0.3, -0.25) is 4.79 Å². The van der Waals surface area contributed by atoms with Crippen molar-refractivity contribution in [3.8, 4) is 0 Å². The Labute approximate surface area is 139 Å². The number of amides is 1. The number of benzene rings is 1. The molecule has 1 rings (SSSR count). The van der Waals surface area contributed by atoms with Gasteiger partial charge in [-0.25, -0.2) is 8.42 Å². The van der Waals surface area contributed by atoms with E-state index < -0.39 is 15.1 Å². The third-order valence-corrected chi connectivity index (χ3v) is 5.36. The van der Waals surface area contributed by atoms with E-state index in [0.29, 0.717) is 12.1 Å². The van der Waals surface area contributed by atoms with E-state index in [0.717, 1.165) is 6.54 Å². The second-order valence-electron chi connectivity index (χ2n) is 5.29. The van der Waals surface area contributed by atoms with Crippen LogP contribution in [0.4, 0.5) is 0 Å². The SMILES string of the molecule is CCN[C@H](C)CNC(=O)c1ccc(S(=O)(=O)C(C)C)cc1.Cl. The summed E-state index contributed by atoms with van der Waals surface area (Å²) in [6.07, 6.45) is 0. The van der Waals surface area contributed by atoms with Crippen LogP contribution in [0.2, 0.25) is 0 Å². The maximum Gasteiger partial charge on any atom is 0.251 e. The summed E-state index contributed by atoms with van der Waals surface area (Å²) in [5, 5.41) is 5.54. The molecule has 0 aromatic heterocycles. The Morgan fingerprint density at radius 3 is 2.14 bits per heavy atom. The molecule has 22 heavy (non-hydrogen) atoms. The monoisotopic (exact) mass is 348 g/mol. The first-order chi connectivity index (χ1) is 9.78. The van der Waals surface area contributed by atoms with Crippen molar-refractivity contribution >= 4 is 28.2 Å². The van der Waals surface area contributed by atoms with Crippen LogP contribution >= 0.6 is 12.4 Å². The lowest BCUT2D eigenvalue weighted by atomic mass is 10.2. The lowest BCUT2D eigenvalue weighted by molar-refractivity contribution is 0.0950. The second kappa shape index (κ2) is 9.12. The highest BCUT2D eigenvalue weighted by molar-refractivity contribution is 7.92. The largest absolute Gasteiger partial charge is 0.350 e. The molecule has 0 aliphatic rings. The van der Waals surface area contributed by atoms with Gasteiger partial charge in [0.2, 0.25) is 0 Å². The molecule has 5 nitrogen and oxygen atoms in total. The standard InChI is InChI=1S/C15H24N2O3S.ClH/c1-5-16-12(4)10-17-15(18)13-6-8-14(9-7-13)21(19,20)11(2)3;/h6-9,11-12,16H,5,10H2,1-4H3,(H,17,18);1H/t12-;/m1./s1. The smallest absolute Gasteiger partial charge is 0.251 e. The fraction of sp³-hybridized carbons (Fsp3) is 0.533. The van der Waals surface area contributed by atoms with Crippen molar-refractivity contribution in [2.75, 3.05) is 13.1 Å². The van der Waals surface area contributed by atoms with Crippen molar-refractivity contribution in [3.05, 3.63) is 29.8 Å². The van der Waals surface area contributed by atoms with Crippen LogP contribution < -0.4 is 10.6 Å². The Morgan fingerprint density at radius 2 is 1.68 bits per heavy atom. The third-order valence-electron chi connectivity index (χ3n) is 3.19. The van der Waals surface area contributed by atoms with Crippen molar-refractivity contribution in [3.63, 3.8) is 0 Å². The first-order valence-electron chi connectivity index (χ1n) is 7.14. The summed E-state index contributed by atoms with van der Waals surface area (Å²) in [5.41, 5.74) is 0.460. The summed E-state index contributed by atoms with van der Waals surface area (Å²) in [5.74, 6) is -0.201. The van der Waals surface area contributed by atoms with Gasteiger partial charge in [-0.2, -0.15) is 0 Å². The molecule has 0 aliphatic carbocycles. The molecule has 0 aliphatic heterocycles. The Balaban J connectivity index is 0.00000441. The van der Waals surface area contributed by atoms with Crippen LogP contribution in [0.15, 0.2) is 29.2 Å². The summed E-state index contributed by atoms with van der Waals surface area (Å²) in [7, 11) is -3.29. The fourth-order valence-corrected chi connectivity index (χ4v) is 2.90. The molecule has 0 heterocycles. The molecular weight excluding hydrogens is 324 g/mol. The fourth-order valence-electron chi connectivity index (χ4n) is 1.84. The average molecular weight is 349 g/mol. The lowest BCUT2D eigenvalue weighted by Crippen LogP contribution is -2.38. The molecule has 1 amide bonds. The normalized spacial score (nSPS) is 12.6. The molecule has 0 saturated heterocycles. The Bertz CT molecular complexity index is 571. The molecule has 0 bridgehead atoms. The van der Waals surface area contributed by atoms with E-state index in [1.807, 2.05) is 13.8 Å². The van der Waals surface area contributed by atoms with E-state index in [1.165, 1.54) is 12.1 Å². The number of carbonyl (C=O) groups is 1. The molecular formula is C15H25ClN2O3S. The molecule has 1 aromatic rings. The molecule has 0 unspecified atom stereocenters. The van der Waals surface area contributed by atoms with Gasteiger partial charge in [0.15, 0.2) is 9.84 Å². The van der Waals surface area contributed by atoms with Gasteiger partial charge in [0.25, 0.3) is 5.91 Å². The summed E-state index contributed by atoms with van der Waals surface area (Å²) in [6, 6.07) is 6.25. The number of halogens is 1. The van der Waals surface area contributed by atoms with Crippen LogP contribution in [0.3, 0.4) is 0 Å². The van der Waals surface area contributed by atoms with E-state index in [9.17, 15) is 13.2 Å². The number of rotatable bonds is 7. The third kappa shape index (κ3) is 5.59. The molecule has 1 aromatic carbocycles. The summed E-state index contributed by atoms with van der Waals surface area (Å²) in [6.45, 7) is 8.64. The van der Waals surface area contributed by atoms with Gasteiger partial charge >= 0.3 is 0 Å². The Kier molecular flexibility index (Phi) is 8.66. The lowest BCUT2D eigenvalue weighted by Gasteiger charge is -2.13. The zero-order valence-electron chi connectivity index (χ0n) is 13.4. The van der Waals surface area contributed by atoms with Crippen molar-refractivity contribution in [2.45, 2.75) is 43.9 Å². The topological polar surface area (TPSA) is 75.3 Å². The highest BCUT2D eigenvalue weighted by atomic mass is 35.5. The minimum absolute atomic E-state index is 0. The van der Waals surface area contributed by atoms with E-state index in [4.69, 9.17) is 0 Å². The van der Waals surface area contributed by atoms with E-state index in [-0.39, 0.29) is 29.3 Å². The molecule has 0 fully saturated rings. The number of nitrogens with one attached hydrogen (secondary N) is 2. The molecule has 7 heteroatoms. The van der Waals surface area contributed by atoms with Crippen LogP contribution in [0.25, 0.3) is 0 Å². The minimum atomic E-state index is -3.29. The van der Waals surface area contributed by atoms with Crippen molar-refractivity contribution in [1.82, 2.24) is 10.6 Å². The van der Waals surface area contributed by atoms with Gasteiger partial charge in [-0.05, 0) is 51.6 Å². The van der Waals surface area contributed by atoms with Crippen LogP contribution in [0.1, 0.15) is 38.1 Å². The van der Waals surface area contributed by atoms with Gasteiger partial charge in [0.1, 0.15) is 0 Å².